The third-order valence-electron chi connectivity index (χ3n) is 2.68. The molecule has 13 heavy (non-hydrogen) atoms. The first-order chi connectivity index (χ1) is 6.33. The van der Waals surface area contributed by atoms with Gasteiger partial charge in [-0.2, -0.15) is 0 Å². The average Bonchev–Trinajstić information content (AvgIpc) is 2.87. The minimum Gasteiger partial charge on any atom is -0.399 e. The molecule has 1 saturated carbocycles. The summed E-state index contributed by atoms with van der Waals surface area (Å²) < 4.78 is 0. The molecule has 0 bridgehead atoms. The Morgan fingerprint density at radius 1 is 1.23 bits per heavy atom. The van der Waals surface area contributed by atoms with Crippen molar-refractivity contribution in [3.63, 3.8) is 0 Å². The van der Waals surface area contributed by atoms with E-state index in [1.807, 2.05) is 12.1 Å². The summed E-state index contributed by atoms with van der Waals surface area (Å²) in [5, 5.41) is 1.24. The van der Waals surface area contributed by atoms with Gasteiger partial charge in [-0.1, -0.05) is 0 Å². The molecule has 1 heterocycles. The number of H-pyrrole nitrogens is 1. The minimum absolute atomic E-state index is 0.786. The van der Waals surface area contributed by atoms with Crippen LogP contribution in [-0.2, 0) is 0 Å². The van der Waals surface area contributed by atoms with E-state index in [4.69, 9.17) is 5.73 Å². The lowest BCUT2D eigenvalue weighted by molar-refractivity contribution is 1.06. The highest BCUT2D eigenvalue weighted by Crippen LogP contribution is 2.40. The zero-order chi connectivity index (χ0) is 8.84. The molecule has 1 aromatic heterocycles. The quantitative estimate of drug-likeness (QED) is 0.638. The fourth-order valence-electron chi connectivity index (χ4n) is 1.79. The maximum Gasteiger partial charge on any atom is 0.0457 e. The van der Waals surface area contributed by atoms with Crippen LogP contribution in [-0.4, -0.2) is 4.98 Å². The summed E-state index contributed by atoms with van der Waals surface area (Å²) in [5.41, 5.74) is 9.13. The summed E-state index contributed by atoms with van der Waals surface area (Å²) in [6.45, 7) is 0. The normalized spacial score (nSPS) is 16.6. The van der Waals surface area contributed by atoms with E-state index >= 15 is 0 Å². The second-order valence-corrected chi connectivity index (χ2v) is 3.85. The van der Waals surface area contributed by atoms with Gasteiger partial charge in [0.1, 0.15) is 0 Å². The molecule has 66 valence electrons. The van der Waals surface area contributed by atoms with Crippen LogP contribution in [0.15, 0.2) is 24.3 Å². The van der Waals surface area contributed by atoms with Crippen molar-refractivity contribution in [2.75, 3.05) is 5.73 Å². The molecule has 0 atom stereocenters. The van der Waals surface area contributed by atoms with Gasteiger partial charge in [0.25, 0.3) is 0 Å². The van der Waals surface area contributed by atoms with Gasteiger partial charge in [0, 0.05) is 22.3 Å². The Morgan fingerprint density at radius 3 is 2.85 bits per heavy atom. The SMILES string of the molecule is Nc1ccc2[nH]c(C3CC3)cc2c1. The van der Waals surface area contributed by atoms with Crippen molar-refractivity contribution in [1.82, 2.24) is 4.98 Å². The molecule has 0 saturated heterocycles. The number of hydrogen-bond acceptors (Lipinski definition) is 1. The van der Waals surface area contributed by atoms with Crippen molar-refractivity contribution in [2.45, 2.75) is 18.8 Å². The molecule has 3 N–H and O–H groups in total. The van der Waals surface area contributed by atoms with Gasteiger partial charge in [0.2, 0.25) is 0 Å². The first kappa shape index (κ1) is 7.01. The lowest BCUT2D eigenvalue weighted by Gasteiger charge is -1.91. The van der Waals surface area contributed by atoms with Gasteiger partial charge >= 0.3 is 0 Å². The fourth-order valence-corrected chi connectivity index (χ4v) is 1.79. The highest BCUT2D eigenvalue weighted by atomic mass is 14.7. The number of benzene rings is 1. The number of anilines is 1. The predicted octanol–water partition coefficient (Wildman–Crippen LogP) is 2.63. The van der Waals surface area contributed by atoms with E-state index in [1.165, 1.54) is 29.4 Å². The molecule has 1 aliphatic carbocycles. The second kappa shape index (κ2) is 2.28. The number of aromatic nitrogens is 1. The molecular formula is C11H12N2. The van der Waals surface area contributed by atoms with Crippen molar-refractivity contribution in [3.05, 3.63) is 30.0 Å². The van der Waals surface area contributed by atoms with E-state index in [0.29, 0.717) is 0 Å². The van der Waals surface area contributed by atoms with Crippen LogP contribution in [0, 0.1) is 0 Å². The standard InChI is InChI=1S/C11H12N2/c12-9-3-4-10-8(5-9)6-11(13-10)7-1-2-7/h3-7,13H,1-2,12H2. The number of fused-ring (bicyclic) bond motifs is 1. The largest absolute Gasteiger partial charge is 0.399 e. The van der Waals surface area contributed by atoms with E-state index in [9.17, 15) is 0 Å². The maximum atomic E-state index is 5.71. The molecule has 2 aromatic rings. The van der Waals surface area contributed by atoms with Crippen molar-refractivity contribution in [1.29, 1.82) is 0 Å². The Bertz CT molecular complexity index is 452. The van der Waals surface area contributed by atoms with Crippen LogP contribution in [0.25, 0.3) is 10.9 Å². The van der Waals surface area contributed by atoms with Crippen molar-refractivity contribution in [3.8, 4) is 0 Å². The van der Waals surface area contributed by atoms with Gasteiger partial charge < -0.3 is 10.7 Å². The summed E-state index contributed by atoms with van der Waals surface area (Å²) in [6.07, 6.45) is 2.67. The number of aromatic amines is 1. The van der Waals surface area contributed by atoms with Crippen LogP contribution in [0.1, 0.15) is 24.5 Å². The lowest BCUT2D eigenvalue weighted by Crippen LogP contribution is -1.81. The average molecular weight is 172 g/mol. The zero-order valence-corrected chi connectivity index (χ0v) is 7.38. The van der Waals surface area contributed by atoms with Gasteiger partial charge in [0.05, 0.1) is 0 Å². The van der Waals surface area contributed by atoms with E-state index in [1.54, 1.807) is 0 Å². The Kier molecular flexibility index (Phi) is 1.23. The summed E-state index contributed by atoms with van der Waals surface area (Å²) in [5.74, 6) is 0.786. The van der Waals surface area contributed by atoms with Gasteiger partial charge in [-0.15, -0.1) is 0 Å². The molecule has 2 heteroatoms. The number of nitrogens with two attached hydrogens (primary N) is 1. The topological polar surface area (TPSA) is 41.8 Å². The third kappa shape index (κ3) is 1.10. The molecule has 0 radical (unpaired) electrons. The monoisotopic (exact) mass is 172 g/mol. The molecule has 3 rings (SSSR count). The molecular weight excluding hydrogens is 160 g/mol. The molecule has 0 spiro atoms. The molecule has 2 nitrogen and oxygen atoms in total. The maximum absolute atomic E-state index is 5.71. The minimum atomic E-state index is 0.786. The highest BCUT2D eigenvalue weighted by molar-refractivity contribution is 5.83. The molecule has 0 amide bonds. The van der Waals surface area contributed by atoms with Crippen LogP contribution in [0.2, 0.25) is 0 Å². The highest BCUT2D eigenvalue weighted by Gasteiger charge is 2.24. The van der Waals surface area contributed by atoms with Crippen molar-refractivity contribution >= 4 is 16.6 Å². The van der Waals surface area contributed by atoms with E-state index in [0.717, 1.165) is 11.6 Å². The van der Waals surface area contributed by atoms with Crippen LogP contribution >= 0.6 is 0 Å². The number of rotatable bonds is 1. The lowest BCUT2D eigenvalue weighted by atomic mass is 10.2. The fraction of sp³-hybridized carbons (Fsp3) is 0.273. The summed E-state index contributed by atoms with van der Waals surface area (Å²) >= 11 is 0. The smallest absolute Gasteiger partial charge is 0.0457 e. The van der Waals surface area contributed by atoms with Gasteiger partial charge in [-0.3, -0.25) is 0 Å². The van der Waals surface area contributed by atoms with Crippen LogP contribution in [0.4, 0.5) is 5.69 Å². The van der Waals surface area contributed by atoms with Crippen molar-refractivity contribution in [2.24, 2.45) is 0 Å². The van der Waals surface area contributed by atoms with Crippen LogP contribution in [0.5, 0.6) is 0 Å². The summed E-state index contributed by atoms with van der Waals surface area (Å²) in [6, 6.07) is 8.24. The molecule has 1 aliphatic rings. The Balaban J connectivity index is 2.20. The van der Waals surface area contributed by atoms with Gasteiger partial charge in [0.15, 0.2) is 0 Å². The van der Waals surface area contributed by atoms with Gasteiger partial charge in [-0.25, -0.2) is 0 Å². The predicted molar refractivity (Wildman–Crippen MR) is 54.7 cm³/mol. The number of nitrogen functional groups attached to an aromatic ring is 1. The Hall–Kier alpha value is -1.44. The number of hydrogen-bond donors (Lipinski definition) is 2. The first-order valence-corrected chi connectivity index (χ1v) is 4.71. The van der Waals surface area contributed by atoms with E-state index in [2.05, 4.69) is 17.1 Å². The molecule has 0 unspecified atom stereocenters. The first-order valence-electron chi connectivity index (χ1n) is 4.71. The second-order valence-electron chi connectivity index (χ2n) is 3.85. The molecule has 1 aromatic carbocycles. The summed E-state index contributed by atoms with van der Waals surface area (Å²) in [7, 11) is 0. The Morgan fingerprint density at radius 2 is 2.08 bits per heavy atom. The van der Waals surface area contributed by atoms with Crippen molar-refractivity contribution < 1.29 is 0 Å². The zero-order valence-electron chi connectivity index (χ0n) is 7.38. The summed E-state index contributed by atoms with van der Waals surface area (Å²) in [4.78, 5) is 3.43. The van der Waals surface area contributed by atoms with Crippen LogP contribution < -0.4 is 5.73 Å². The van der Waals surface area contributed by atoms with E-state index < -0.39 is 0 Å². The van der Waals surface area contributed by atoms with E-state index in [-0.39, 0.29) is 0 Å². The number of nitrogens with one attached hydrogen (secondary N) is 1. The molecule has 1 fully saturated rings. The Labute approximate surface area is 76.8 Å². The third-order valence-corrected chi connectivity index (χ3v) is 2.68. The van der Waals surface area contributed by atoms with Crippen LogP contribution in [0.3, 0.4) is 0 Å². The van der Waals surface area contributed by atoms with Gasteiger partial charge in [-0.05, 0) is 43.0 Å². The molecule has 0 aliphatic heterocycles.